The van der Waals surface area contributed by atoms with E-state index < -0.39 is 11.2 Å². The van der Waals surface area contributed by atoms with Crippen LogP contribution in [-0.4, -0.2) is 26.7 Å². The molecule has 1 amide bonds. The van der Waals surface area contributed by atoms with Crippen molar-refractivity contribution in [1.29, 1.82) is 0 Å². The number of carbonyl (C=O) groups is 1. The van der Waals surface area contributed by atoms with E-state index in [1.807, 2.05) is 43.3 Å². The molecule has 0 aliphatic rings. The molecule has 7 nitrogen and oxygen atoms in total. The van der Waals surface area contributed by atoms with Crippen LogP contribution in [0, 0.1) is 6.92 Å². The van der Waals surface area contributed by atoms with Gasteiger partial charge in [0.1, 0.15) is 12.1 Å². The third-order valence-electron chi connectivity index (χ3n) is 5.40. The van der Waals surface area contributed by atoms with Crippen LogP contribution < -0.4 is 16.1 Å². The number of nitrogens with zero attached hydrogens (tertiary/aromatic N) is 4. The van der Waals surface area contributed by atoms with Crippen molar-refractivity contribution in [3.8, 4) is 5.69 Å². The molecule has 0 bridgehead atoms. The average molecular weight is 402 g/mol. The summed E-state index contributed by atoms with van der Waals surface area (Å²) in [5, 5.41) is 0. The molecule has 152 valence electrons. The van der Waals surface area contributed by atoms with Crippen molar-refractivity contribution in [3.05, 3.63) is 93.3 Å². The first-order chi connectivity index (χ1) is 14.4. The number of hydrogen-bond acceptors (Lipinski definition) is 3. The molecule has 0 saturated carbocycles. The quantitative estimate of drug-likeness (QED) is 0.527. The first-order valence-electron chi connectivity index (χ1n) is 9.59. The van der Waals surface area contributed by atoms with E-state index >= 15 is 0 Å². The van der Waals surface area contributed by atoms with Gasteiger partial charge in [-0.1, -0.05) is 36.4 Å². The summed E-state index contributed by atoms with van der Waals surface area (Å²) < 4.78 is 4.24. The molecule has 0 radical (unpaired) electrons. The molecule has 2 heterocycles. The summed E-state index contributed by atoms with van der Waals surface area (Å²) in [7, 11) is 3.45. The van der Waals surface area contributed by atoms with Gasteiger partial charge in [0.15, 0.2) is 0 Å². The molecule has 0 aliphatic heterocycles. The lowest BCUT2D eigenvalue weighted by molar-refractivity contribution is -0.118. The fraction of sp³-hybridized carbons (Fsp3) is 0.174. The second-order valence-corrected chi connectivity index (χ2v) is 7.21. The smallest absolute Gasteiger partial charge is 0.336 e. The normalized spacial score (nSPS) is 11.0. The number of fused-ring (bicyclic) bond motifs is 1. The van der Waals surface area contributed by atoms with Crippen LogP contribution in [-0.2, 0) is 18.4 Å². The van der Waals surface area contributed by atoms with Crippen molar-refractivity contribution < 1.29 is 4.79 Å². The minimum atomic E-state index is -0.542. The van der Waals surface area contributed by atoms with E-state index in [2.05, 4.69) is 0 Å². The van der Waals surface area contributed by atoms with Crippen molar-refractivity contribution in [1.82, 2.24) is 13.7 Å². The molecule has 0 atom stereocenters. The van der Waals surface area contributed by atoms with Crippen LogP contribution in [0.25, 0.3) is 16.7 Å². The molecule has 4 rings (SSSR count). The molecule has 0 N–H and O–H groups in total. The standard InChI is InChI=1S/C23H22N4O3/c1-16-14-19-21(24(16)2)22(29)27(18-12-8-5-9-13-18)23(30)26(19)15-20(28)25(3)17-10-6-4-7-11-17/h4-14H,15H2,1-3H3. The summed E-state index contributed by atoms with van der Waals surface area (Å²) in [6.45, 7) is 1.68. The third-order valence-corrected chi connectivity index (χ3v) is 5.40. The largest absolute Gasteiger partial charge is 0.342 e. The molecule has 0 spiro atoms. The maximum absolute atomic E-state index is 13.4. The molecule has 7 heteroatoms. The van der Waals surface area contributed by atoms with Gasteiger partial charge in [0.25, 0.3) is 5.56 Å². The number of rotatable bonds is 4. The molecule has 0 aliphatic carbocycles. The topological polar surface area (TPSA) is 69.2 Å². The summed E-state index contributed by atoms with van der Waals surface area (Å²) >= 11 is 0. The van der Waals surface area contributed by atoms with Crippen LogP contribution in [0.15, 0.2) is 76.3 Å². The maximum Gasteiger partial charge on any atom is 0.336 e. The zero-order valence-electron chi connectivity index (χ0n) is 17.1. The Morgan fingerprint density at radius 2 is 1.57 bits per heavy atom. The van der Waals surface area contributed by atoms with E-state index in [-0.39, 0.29) is 12.5 Å². The Morgan fingerprint density at radius 1 is 0.967 bits per heavy atom. The second kappa shape index (κ2) is 7.51. The number of benzene rings is 2. The molecule has 2 aromatic carbocycles. The first kappa shape index (κ1) is 19.4. The molecule has 4 aromatic rings. The molecule has 0 saturated heterocycles. The highest BCUT2D eigenvalue weighted by Gasteiger charge is 2.21. The van der Waals surface area contributed by atoms with Crippen molar-refractivity contribution >= 4 is 22.6 Å². The highest BCUT2D eigenvalue weighted by molar-refractivity contribution is 5.93. The molecule has 30 heavy (non-hydrogen) atoms. The van der Waals surface area contributed by atoms with E-state index in [0.717, 1.165) is 15.9 Å². The number of amides is 1. The van der Waals surface area contributed by atoms with Gasteiger partial charge in [0.2, 0.25) is 5.91 Å². The number of hydrogen-bond donors (Lipinski definition) is 0. The van der Waals surface area contributed by atoms with E-state index in [9.17, 15) is 14.4 Å². The van der Waals surface area contributed by atoms with Crippen molar-refractivity contribution in [2.24, 2.45) is 7.05 Å². The van der Waals surface area contributed by atoms with Crippen molar-refractivity contribution in [3.63, 3.8) is 0 Å². The minimum absolute atomic E-state index is 0.183. The maximum atomic E-state index is 13.4. The highest BCUT2D eigenvalue weighted by atomic mass is 16.2. The van der Waals surface area contributed by atoms with Gasteiger partial charge >= 0.3 is 5.69 Å². The van der Waals surface area contributed by atoms with Crippen LogP contribution in [0.5, 0.6) is 0 Å². The Bertz CT molecular complexity index is 1350. The van der Waals surface area contributed by atoms with Gasteiger partial charge in [-0.3, -0.25) is 14.2 Å². The van der Waals surface area contributed by atoms with E-state index in [4.69, 9.17) is 0 Å². The summed E-state index contributed by atoms with van der Waals surface area (Å²) in [4.78, 5) is 41.1. The molecular formula is C23H22N4O3. The van der Waals surface area contributed by atoms with Crippen LogP contribution in [0.4, 0.5) is 5.69 Å². The van der Waals surface area contributed by atoms with Gasteiger partial charge < -0.3 is 9.47 Å². The Hall–Kier alpha value is -3.87. The number of aryl methyl sites for hydroxylation is 2. The predicted molar refractivity (Wildman–Crippen MR) is 117 cm³/mol. The lowest BCUT2D eigenvalue weighted by Crippen LogP contribution is -2.42. The number of anilines is 1. The number of para-hydroxylation sites is 2. The lowest BCUT2D eigenvalue weighted by Gasteiger charge is -2.19. The van der Waals surface area contributed by atoms with Gasteiger partial charge in [0, 0.05) is 25.5 Å². The van der Waals surface area contributed by atoms with Gasteiger partial charge in [-0.05, 0) is 37.3 Å². The molecule has 2 aromatic heterocycles. The van der Waals surface area contributed by atoms with Crippen LogP contribution >= 0.6 is 0 Å². The SMILES string of the molecule is Cc1cc2c(c(=O)n(-c3ccccc3)c(=O)n2CC(=O)N(C)c2ccccc2)n1C. The second-order valence-electron chi connectivity index (χ2n) is 7.21. The van der Waals surface area contributed by atoms with E-state index in [0.29, 0.717) is 16.7 Å². The van der Waals surface area contributed by atoms with Gasteiger partial charge in [-0.25, -0.2) is 9.36 Å². The third kappa shape index (κ3) is 3.14. The van der Waals surface area contributed by atoms with Gasteiger partial charge in [-0.15, -0.1) is 0 Å². The summed E-state index contributed by atoms with van der Waals surface area (Å²) in [5.74, 6) is -0.260. The zero-order valence-corrected chi connectivity index (χ0v) is 17.1. The van der Waals surface area contributed by atoms with Crippen LogP contribution in [0.1, 0.15) is 5.69 Å². The molecular weight excluding hydrogens is 380 g/mol. The van der Waals surface area contributed by atoms with Gasteiger partial charge in [0.05, 0.1) is 11.2 Å². The van der Waals surface area contributed by atoms with Crippen LogP contribution in [0.3, 0.4) is 0 Å². The van der Waals surface area contributed by atoms with Crippen LogP contribution in [0.2, 0.25) is 0 Å². The average Bonchev–Trinajstić information content (AvgIpc) is 3.06. The highest BCUT2D eigenvalue weighted by Crippen LogP contribution is 2.16. The predicted octanol–water partition coefficient (Wildman–Crippen LogP) is 2.46. The minimum Gasteiger partial charge on any atom is -0.342 e. The monoisotopic (exact) mass is 402 g/mol. The first-order valence-corrected chi connectivity index (χ1v) is 9.59. The van der Waals surface area contributed by atoms with Crippen molar-refractivity contribution in [2.75, 3.05) is 11.9 Å². The van der Waals surface area contributed by atoms with Gasteiger partial charge in [-0.2, -0.15) is 0 Å². The summed E-state index contributed by atoms with van der Waals surface area (Å²) in [6.07, 6.45) is 0. The summed E-state index contributed by atoms with van der Waals surface area (Å²) in [5.41, 5.74) is 1.90. The van der Waals surface area contributed by atoms with E-state index in [1.54, 1.807) is 49.0 Å². The lowest BCUT2D eigenvalue weighted by atomic mass is 10.3. The number of aromatic nitrogens is 3. The van der Waals surface area contributed by atoms with E-state index in [1.165, 1.54) is 9.47 Å². The Morgan fingerprint density at radius 3 is 2.20 bits per heavy atom. The number of likely N-dealkylation sites (N-methyl/N-ethyl adjacent to an activating group) is 1. The number of carbonyl (C=O) groups excluding carboxylic acids is 1. The zero-order chi connectivity index (χ0) is 21.4. The molecule has 0 fully saturated rings. The Balaban J connectivity index is 1.91. The fourth-order valence-corrected chi connectivity index (χ4v) is 3.58. The Kier molecular flexibility index (Phi) is 4.87. The Labute approximate surface area is 173 Å². The summed E-state index contributed by atoms with van der Waals surface area (Å²) in [6, 6.07) is 19.7. The fourth-order valence-electron chi connectivity index (χ4n) is 3.58. The molecule has 0 unspecified atom stereocenters. The van der Waals surface area contributed by atoms with Crippen molar-refractivity contribution in [2.45, 2.75) is 13.5 Å².